The van der Waals surface area contributed by atoms with Gasteiger partial charge in [0.2, 0.25) is 11.8 Å². The molecule has 2 rings (SSSR count). The third-order valence-electron chi connectivity index (χ3n) is 2.39. The second-order valence-electron chi connectivity index (χ2n) is 4.99. The van der Waals surface area contributed by atoms with E-state index in [1.807, 2.05) is 0 Å². The molecule has 2 aromatic rings. The quantitative estimate of drug-likeness (QED) is 0.692. The number of ether oxygens (including phenoxy) is 1. The molecule has 0 aliphatic rings. The van der Waals surface area contributed by atoms with Crippen molar-refractivity contribution < 1.29 is 14.6 Å². The van der Waals surface area contributed by atoms with Gasteiger partial charge < -0.3 is 20.6 Å². The lowest BCUT2D eigenvalue weighted by atomic mass is 10.2. The van der Waals surface area contributed by atoms with Crippen molar-refractivity contribution in [2.75, 3.05) is 6.61 Å². The zero-order valence-electron chi connectivity index (χ0n) is 11.3. The molecule has 0 bridgehead atoms. The average Bonchev–Trinajstić information content (AvgIpc) is 2.75. The van der Waals surface area contributed by atoms with Crippen LogP contribution in [-0.4, -0.2) is 38.2 Å². The Kier molecular flexibility index (Phi) is 3.71. The minimum absolute atomic E-state index is 0.101. The van der Waals surface area contributed by atoms with Gasteiger partial charge in [0.25, 0.3) is 0 Å². The molecular formula is C13H16N4O3. The van der Waals surface area contributed by atoms with Gasteiger partial charge in [0.15, 0.2) is 5.65 Å². The Balaban J connectivity index is 2.27. The van der Waals surface area contributed by atoms with Crippen LogP contribution in [-0.2, 0) is 4.79 Å². The molecule has 1 amide bonds. The Labute approximate surface area is 115 Å². The highest BCUT2D eigenvalue weighted by Gasteiger charge is 2.14. The zero-order valence-corrected chi connectivity index (χ0v) is 11.3. The molecule has 0 aliphatic heterocycles. The van der Waals surface area contributed by atoms with Crippen molar-refractivity contribution in [2.45, 2.75) is 19.4 Å². The summed E-state index contributed by atoms with van der Waals surface area (Å²) in [6.07, 6.45) is 5.93. The Morgan fingerprint density at radius 3 is 3.00 bits per heavy atom. The summed E-state index contributed by atoms with van der Waals surface area (Å²) in [4.78, 5) is 22.1. The van der Waals surface area contributed by atoms with Crippen molar-refractivity contribution in [2.24, 2.45) is 5.73 Å². The van der Waals surface area contributed by atoms with Gasteiger partial charge >= 0.3 is 0 Å². The Hall–Kier alpha value is -2.41. The van der Waals surface area contributed by atoms with Crippen LogP contribution in [0.3, 0.4) is 0 Å². The molecule has 0 saturated heterocycles. The summed E-state index contributed by atoms with van der Waals surface area (Å²) >= 11 is 0. The number of hydrogen-bond acceptors (Lipinski definition) is 5. The van der Waals surface area contributed by atoms with E-state index in [9.17, 15) is 9.90 Å². The zero-order chi connectivity index (χ0) is 14.8. The summed E-state index contributed by atoms with van der Waals surface area (Å²) in [5.41, 5.74) is 5.92. The maximum absolute atomic E-state index is 10.7. The average molecular weight is 276 g/mol. The van der Waals surface area contributed by atoms with Crippen LogP contribution in [0.2, 0.25) is 0 Å². The number of fused-ring (bicyclic) bond motifs is 1. The fourth-order valence-corrected chi connectivity index (χ4v) is 1.51. The number of amides is 1. The summed E-state index contributed by atoms with van der Waals surface area (Å²) in [6.45, 7) is 3.37. The highest BCUT2D eigenvalue weighted by molar-refractivity contribution is 5.93. The first-order valence-electron chi connectivity index (χ1n) is 6.02. The molecule has 0 aromatic carbocycles. The number of carbonyl (C=O) groups is 1. The summed E-state index contributed by atoms with van der Waals surface area (Å²) in [5, 5.41) is 9.61. The van der Waals surface area contributed by atoms with Gasteiger partial charge in [-0.25, -0.2) is 9.97 Å². The van der Waals surface area contributed by atoms with Gasteiger partial charge in [-0.3, -0.25) is 4.79 Å². The smallest absolute Gasteiger partial charge is 0.241 e. The van der Waals surface area contributed by atoms with Gasteiger partial charge in [-0.05, 0) is 19.9 Å². The lowest BCUT2D eigenvalue weighted by Gasteiger charge is -2.16. The first kappa shape index (κ1) is 14.0. The topological polar surface area (TPSA) is 114 Å². The van der Waals surface area contributed by atoms with E-state index in [0.29, 0.717) is 22.6 Å². The maximum atomic E-state index is 10.7. The predicted molar refractivity (Wildman–Crippen MR) is 73.9 cm³/mol. The molecule has 7 nitrogen and oxygen atoms in total. The summed E-state index contributed by atoms with van der Waals surface area (Å²) < 4.78 is 5.38. The fraction of sp³-hybridized carbons (Fsp3) is 0.308. The molecule has 0 radical (unpaired) electrons. The number of nitrogens with two attached hydrogens (primary N) is 1. The van der Waals surface area contributed by atoms with Crippen molar-refractivity contribution in [3.63, 3.8) is 0 Å². The normalized spacial score (nSPS) is 12.2. The molecule has 106 valence electrons. The minimum atomic E-state index is -0.955. The SMILES string of the molecule is CC(C)(O)COc1cnc2[nH]cc(/C=C/C(N)=O)c2n1. The van der Waals surface area contributed by atoms with Gasteiger partial charge in [0.05, 0.1) is 11.8 Å². The Morgan fingerprint density at radius 2 is 2.35 bits per heavy atom. The number of aromatic amines is 1. The molecule has 7 heteroatoms. The lowest BCUT2D eigenvalue weighted by molar-refractivity contribution is -0.113. The molecule has 2 heterocycles. The van der Waals surface area contributed by atoms with Crippen molar-refractivity contribution >= 4 is 23.1 Å². The number of hydrogen-bond donors (Lipinski definition) is 3. The summed E-state index contributed by atoms with van der Waals surface area (Å²) in [7, 11) is 0. The highest BCUT2D eigenvalue weighted by atomic mass is 16.5. The van der Waals surface area contributed by atoms with Crippen LogP contribution in [0, 0.1) is 0 Å². The maximum Gasteiger partial charge on any atom is 0.241 e. The monoisotopic (exact) mass is 276 g/mol. The molecular weight excluding hydrogens is 260 g/mol. The van der Waals surface area contributed by atoms with E-state index >= 15 is 0 Å². The van der Waals surface area contributed by atoms with E-state index in [4.69, 9.17) is 10.5 Å². The van der Waals surface area contributed by atoms with Crippen LogP contribution in [0.1, 0.15) is 19.4 Å². The van der Waals surface area contributed by atoms with E-state index < -0.39 is 11.5 Å². The van der Waals surface area contributed by atoms with Gasteiger partial charge in [-0.2, -0.15) is 0 Å². The number of rotatable bonds is 5. The molecule has 0 atom stereocenters. The molecule has 20 heavy (non-hydrogen) atoms. The van der Waals surface area contributed by atoms with Crippen LogP contribution < -0.4 is 10.5 Å². The van der Waals surface area contributed by atoms with Gasteiger partial charge in [0, 0.05) is 17.8 Å². The van der Waals surface area contributed by atoms with Gasteiger partial charge in [-0.15, -0.1) is 0 Å². The van der Waals surface area contributed by atoms with Crippen LogP contribution in [0.5, 0.6) is 5.88 Å². The number of aliphatic hydroxyl groups is 1. The second-order valence-corrected chi connectivity index (χ2v) is 4.99. The third kappa shape index (κ3) is 3.55. The minimum Gasteiger partial charge on any atom is -0.474 e. The van der Waals surface area contributed by atoms with E-state index in [1.54, 1.807) is 26.1 Å². The largest absolute Gasteiger partial charge is 0.474 e. The summed E-state index contributed by atoms with van der Waals surface area (Å²) in [5.74, 6) is -0.241. The number of primary amides is 1. The fourth-order valence-electron chi connectivity index (χ4n) is 1.51. The van der Waals surface area contributed by atoms with Crippen molar-refractivity contribution in [3.8, 4) is 5.88 Å². The predicted octanol–water partition coefficient (Wildman–Crippen LogP) is 0.606. The molecule has 2 aromatic heterocycles. The first-order valence-corrected chi connectivity index (χ1v) is 6.02. The number of carbonyl (C=O) groups excluding carboxylic acids is 1. The second kappa shape index (κ2) is 5.30. The van der Waals surface area contributed by atoms with Crippen molar-refractivity contribution in [3.05, 3.63) is 24.0 Å². The van der Waals surface area contributed by atoms with E-state index in [2.05, 4.69) is 15.0 Å². The number of nitrogens with zero attached hydrogens (tertiary/aromatic N) is 2. The molecule has 0 fully saturated rings. The summed E-state index contributed by atoms with van der Waals surface area (Å²) in [6, 6.07) is 0. The Bertz CT molecular complexity index is 655. The van der Waals surface area contributed by atoms with E-state index in [1.165, 1.54) is 12.3 Å². The molecule has 0 saturated carbocycles. The highest BCUT2D eigenvalue weighted by Crippen LogP contribution is 2.19. The van der Waals surface area contributed by atoms with E-state index in [0.717, 1.165) is 0 Å². The van der Waals surface area contributed by atoms with Crippen LogP contribution >= 0.6 is 0 Å². The van der Waals surface area contributed by atoms with E-state index in [-0.39, 0.29) is 6.61 Å². The molecule has 0 spiro atoms. The van der Waals surface area contributed by atoms with Crippen LogP contribution in [0.4, 0.5) is 0 Å². The lowest BCUT2D eigenvalue weighted by Crippen LogP contribution is -2.28. The van der Waals surface area contributed by atoms with Crippen molar-refractivity contribution in [1.82, 2.24) is 15.0 Å². The number of aromatic nitrogens is 3. The van der Waals surface area contributed by atoms with Gasteiger partial charge in [-0.1, -0.05) is 0 Å². The molecule has 0 aliphatic carbocycles. The molecule has 0 unspecified atom stereocenters. The third-order valence-corrected chi connectivity index (χ3v) is 2.39. The Morgan fingerprint density at radius 1 is 1.60 bits per heavy atom. The first-order chi connectivity index (χ1) is 9.35. The number of H-pyrrole nitrogens is 1. The van der Waals surface area contributed by atoms with Gasteiger partial charge in [0.1, 0.15) is 12.1 Å². The molecule has 4 N–H and O–H groups in total. The van der Waals surface area contributed by atoms with Crippen LogP contribution in [0.15, 0.2) is 18.5 Å². The number of nitrogens with one attached hydrogen (secondary N) is 1. The van der Waals surface area contributed by atoms with Crippen LogP contribution in [0.25, 0.3) is 17.2 Å². The standard InChI is InChI=1S/C13H16N4O3/c1-13(2,19)7-20-10-6-16-12-11(17-10)8(5-15-12)3-4-9(14)18/h3-6,19H,7H2,1-2H3,(H2,14,18)(H,15,16)/b4-3+. The van der Waals surface area contributed by atoms with Crippen molar-refractivity contribution in [1.29, 1.82) is 0 Å².